The van der Waals surface area contributed by atoms with Crippen molar-refractivity contribution < 1.29 is 14.3 Å². The lowest BCUT2D eigenvalue weighted by molar-refractivity contribution is -0.129. The fourth-order valence-electron chi connectivity index (χ4n) is 2.08. The Balaban J connectivity index is 2.00. The van der Waals surface area contributed by atoms with Gasteiger partial charge in [-0.3, -0.25) is 0 Å². The van der Waals surface area contributed by atoms with Crippen molar-refractivity contribution in [2.45, 2.75) is 0 Å². The van der Waals surface area contributed by atoms with Crippen LogP contribution >= 0.6 is 15.9 Å². The molecule has 2 aromatic rings. The first kappa shape index (κ1) is 14.5. The second kappa shape index (κ2) is 6.15. The smallest absolute Gasteiger partial charge is 0.363 e. The first-order chi connectivity index (χ1) is 10.7. The fourth-order valence-corrected chi connectivity index (χ4v) is 2.46. The lowest BCUT2D eigenvalue weighted by atomic mass is 10.1. The Labute approximate surface area is 136 Å². The summed E-state index contributed by atoms with van der Waals surface area (Å²) in [6.07, 6.45) is 1.65. The zero-order valence-electron chi connectivity index (χ0n) is 11.7. The van der Waals surface area contributed by atoms with E-state index >= 15 is 0 Å². The van der Waals surface area contributed by atoms with Gasteiger partial charge in [-0.25, -0.2) is 9.79 Å². The minimum Gasteiger partial charge on any atom is -0.496 e. The highest BCUT2D eigenvalue weighted by atomic mass is 79.9. The molecule has 5 heteroatoms. The standard InChI is InChI=1S/C17H12BrNO3/c1-21-15-8-7-13(18)9-12(15)10-14-17(20)22-16(19-14)11-5-3-2-4-6-11/h2-10H,1H3. The van der Waals surface area contributed by atoms with E-state index in [2.05, 4.69) is 20.9 Å². The maximum Gasteiger partial charge on any atom is 0.363 e. The van der Waals surface area contributed by atoms with E-state index in [1.165, 1.54) is 0 Å². The summed E-state index contributed by atoms with van der Waals surface area (Å²) < 4.78 is 11.4. The molecule has 0 amide bonds. The van der Waals surface area contributed by atoms with Gasteiger partial charge < -0.3 is 9.47 Å². The lowest BCUT2D eigenvalue weighted by Gasteiger charge is -2.04. The van der Waals surface area contributed by atoms with Crippen LogP contribution in [0.5, 0.6) is 5.75 Å². The highest BCUT2D eigenvalue weighted by molar-refractivity contribution is 9.10. The largest absolute Gasteiger partial charge is 0.496 e. The number of methoxy groups -OCH3 is 1. The van der Waals surface area contributed by atoms with Crippen LogP contribution in [-0.2, 0) is 9.53 Å². The third-order valence-corrected chi connectivity index (χ3v) is 3.62. The van der Waals surface area contributed by atoms with E-state index in [0.717, 1.165) is 15.6 Å². The Hall–Kier alpha value is -2.40. The van der Waals surface area contributed by atoms with Crippen molar-refractivity contribution in [2.75, 3.05) is 7.11 Å². The van der Waals surface area contributed by atoms with Gasteiger partial charge in [0.25, 0.3) is 0 Å². The normalized spacial score (nSPS) is 15.6. The van der Waals surface area contributed by atoms with Crippen molar-refractivity contribution in [3.63, 3.8) is 0 Å². The molecule has 2 aromatic carbocycles. The SMILES string of the molecule is COc1ccc(Br)cc1C=C1N=C(c2ccccc2)OC1=O. The molecular weight excluding hydrogens is 346 g/mol. The number of benzene rings is 2. The molecule has 3 rings (SSSR count). The number of ether oxygens (including phenoxy) is 2. The summed E-state index contributed by atoms with van der Waals surface area (Å²) in [7, 11) is 1.58. The number of halogens is 1. The zero-order valence-corrected chi connectivity index (χ0v) is 13.3. The highest BCUT2D eigenvalue weighted by Crippen LogP contribution is 2.27. The van der Waals surface area contributed by atoms with Gasteiger partial charge >= 0.3 is 5.97 Å². The molecule has 1 aliphatic rings. The molecule has 0 atom stereocenters. The molecule has 0 N–H and O–H groups in total. The molecule has 4 nitrogen and oxygen atoms in total. The molecule has 0 spiro atoms. The van der Waals surface area contributed by atoms with Crippen LogP contribution < -0.4 is 4.74 Å². The molecule has 0 radical (unpaired) electrons. The third kappa shape index (κ3) is 2.94. The second-order valence-corrected chi connectivity index (χ2v) is 5.50. The summed E-state index contributed by atoms with van der Waals surface area (Å²) in [6, 6.07) is 14.9. The van der Waals surface area contributed by atoms with Crippen molar-refractivity contribution in [2.24, 2.45) is 4.99 Å². The van der Waals surface area contributed by atoms with E-state index < -0.39 is 5.97 Å². The topological polar surface area (TPSA) is 47.9 Å². The van der Waals surface area contributed by atoms with E-state index in [0.29, 0.717) is 11.6 Å². The number of esters is 1. The molecule has 0 saturated heterocycles. The van der Waals surface area contributed by atoms with Gasteiger partial charge in [0, 0.05) is 15.6 Å². The number of carbonyl (C=O) groups is 1. The second-order valence-electron chi connectivity index (χ2n) is 4.59. The van der Waals surface area contributed by atoms with E-state index in [1.807, 2.05) is 48.5 Å². The average Bonchev–Trinajstić information content (AvgIpc) is 2.90. The van der Waals surface area contributed by atoms with E-state index in [4.69, 9.17) is 9.47 Å². The number of hydrogen-bond donors (Lipinski definition) is 0. The minimum atomic E-state index is -0.471. The molecule has 1 heterocycles. The lowest BCUT2D eigenvalue weighted by Crippen LogP contribution is -2.05. The maximum atomic E-state index is 12.0. The monoisotopic (exact) mass is 357 g/mol. The first-order valence-electron chi connectivity index (χ1n) is 6.59. The van der Waals surface area contributed by atoms with Crippen LogP contribution in [0.2, 0.25) is 0 Å². The van der Waals surface area contributed by atoms with Gasteiger partial charge in [-0.05, 0) is 36.4 Å². The van der Waals surface area contributed by atoms with Crippen molar-refractivity contribution in [1.82, 2.24) is 0 Å². The summed E-state index contributed by atoms with van der Waals surface area (Å²) in [5.74, 6) is 0.499. The van der Waals surface area contributed by atoms with Crippen LogP contribution in [0.25, 0.3) is 6.08 Å². The van der Waals surface area contributed by atoms with Crippen LogP contribution in [-0.4, -0.2) is 19.0 Å². The summed E-state index contributed by atoms with van der Waals surface area (Å²) in [5, 5.41) is 0. The van der Waals surface area contributed by atoms with Crippen molar-refractivity contribution >= 4 is 33.9 Å². The quantitative estimate of drug-likeness (QED) is 0.619. The van der Waals surface area contributed by atoms with Gasteiger partial charge in [-0.1, -0.05) is 34.1 Å². The third-order valence-electron chi connectivity index (χ3n) is 3.13. The predicted octanol–water partition coefficient (Wildman–Crippen LogP) is 3.80. The summed E-state index contributed by atoms with van der Waals surface area (Å²) >= 11 is 3.40. The zero-order chi connectivity index (χ0) is 15.5. The fraction of sp³-hybridized carbons (Fsp3) is 0.0588. The summed E-state index contributed by atoms with van der Waals surface area (Å²) in [5.41, 5.74) is 1.76. The van der Waals surface area contributed by atoms with Crippen LogP contribution in [0.3, 0.4) is 0 Å². The first-order valence-corrected chi connectivity index (χ1v) is 7.38. The predicted molar refractivity (Wildman–Crippen MR) is 87.7 cm³/mol. The van der Waals surface area contributed by atoms with Crippen LogP contribution in [0.4, 0.5) is 0 Å². The number of hydrogen-bond acceptors (Lipinski definition) is 4. The van der Waals surface area contributed by atoms with E-state index in [1.54, 1.807) is 13.2 Å². The molecule has 0 aliphatic carbocycles. The Morgan fingerprint density at radius 3 is 2.68 bits per heavy atom. The minimum absolute atomic E-state index is 0.246. The van der Waals surface area contributed by atoms with Crippen LogP contribution in [0.1, 0.15) is 11.1 Å². The molecule has 22 heavy (non-hydrogen) atoms. The average molecular weight is 358 g/mol. The van der Waals surface area contributed by atoms with Crippen LogP contribution in [0.15, 0.2) is 63.7 Å². The van der Waals surface area contributed by atoms with Gasteiger partial charge in [0.15, 0.2) is 5.70 Å². The number of nitrogens with zero attached hydrogens (tertiary/aromatic N) is 1. The van der Waals surface area contributed by atoms with Crippen molar-refractivity contribution in [1.29, 1.82) is 0 Å². The number of rotatable bonds is 3. The highest BCUT2D eigenvalue weighted by Gasteiger charge is 2.24. The Kier molecular flexibility index (Phi) is 4.06. The van der Waals surface area contributed by atoms with Gasteiger partial charge in [-0.2, -0.15) is 0 Å². The molecular formula is C17H12BrNO3. The number of cyclic esters (lactones) is 1. The van der Waals surface area contributed by atoms with Gasteiger partial charge in [0.2, 0.25) is 5.90 Å². The molecule has 0 saturated carbocycles. The molecule has 0 fully saturated rings. The van der Waals surface area contributed by atoms with Crippen LogP contribution in [0, 0.1) is 0 Å². The molecule has 0 unspecified atom stereocenters. The molecule has 110 valence electrons. The Morgan fingerprint density at radius 2 is 1.95 bits per heavy atom. The number of carbonyl (C=O) groups excluding carboxylic acids is 1. The van der Waals surface area contributed by atoms with Crippen molar-refractivity contribution in [3.8, 4) is 5.75 Å². The number of aliphatic imine (C=N–C) groups is 1. The molecule has 1 aliphatic heterocycles. The van der Waals surface area contributed by atoms with Gasteiger partial charge in [0.1, 0.15) is 5.75 Å². The summed E-state index contributed by atoms with van der Waals surface area (Å²) in [4.78, 5) is 16.3. The maximum absolute atomic E-state index is 12.0. The van der Waals surface area contributed by atoms with Gasteiger partial charge in [0.05, 0.1) is 7.11 Å². The Morgan fingerprint density at radius 1 is 1.18 bits per heavy atom. The van der Waals surface area contributed by atoms with E-state index in [-0.39, 0.29) is 5.70 Å². The molecule has 0 bridgehead atoms. The summed E-state index contributed by atoms with van der Waals surface area (Å²) in [6.45, 7) is 0. The Bertz CT molecular complexity index is 782. The van der Waals surface area contributed by atoms with E-state index in [9.17, 15) is 4.79 Å². The van der Waals surface area contributed by atoms with Crippen molar-refractivity contribution in [3.05, 3.63) is 69.8 Å². The van der Waals surface area contributed by atoms with Gasteiger partial charge in [-0.15, -0.1) is 0 Å². The molecule has 0 aromatic heterocycles.